The first-order valence-corrected chi connectivity index (χ1v) is 26.5. The third-order valence-electron chi connectivity index (χ3n) is 13.9. The number of ketones is 2. The fraction of sp³-hybridized carbons (Fsp3) is 0.880. The number of carbonyl (C=O) groups is 2. The van der Waals surface area contributed by atoms with Gasteiger partial charge in [0, 0.05) is 28.9 Å². The van der Waals surface area contributed by atoms with E-state index in [0.29, 0.717) is 11.0 Å². The second-order valence-corrected chi connectivity index (χ2v) is 23.1. The molecule has 0 aromatic heterocycles. The lowest BCUT2D eigenvalue weighted by Crippen LogP contribution is -2.44. The van der Waals surface area contributed by atoms with Crippen LogP contribution in [0.5, 0.6) is 0 Å². The van der Waals surface area contributed by atoms with Crippen molar-refractivity contribution < 1.29 is 18.0 Å². The van der Waals surface area contributed by atoms with Gasteiger partial charge in [-0.2, -0.15) is 11.8 Å². The monoisotopic (exact) mass is 821 g/mol. The molecule has 0 aromatic rings. The summed E-state index contributed by atoms with van der Waals surface area (Å²) < 4.78 is 25.4. The predicted molar refractivity (Wildman–Crippen MR) is 249 cm³/mol. The Bertz CT molecular complexity index is 1260. The van der Waals surface area contributed by atoms with E-state index in [-0.39, 0.29) is 28.8 Å². The van der Waals surface area contributed by atoms with Crippen LogP contribution in [-0.4, -0.2) is 42.0 Å². The Morgan fingerprint density at radius 1 is 0.679 bits per heavy atom. The molecule has 0 bridgehead atoms. The summed E-state index contributed by atoms with van der Waals surface area (Å²) in [5.41, 5.74) is 1.92. The van der Waals surface area contributed by atoms with Gasteiger partial charge in [-0.15, -0.1) is 0 Å². The van der Waals surface area contributed by atoms with E-state index in [4.69, 9.17) is 0 Å². The van der Waals surface area contributed by atoms with Gasteiger partial charge in [0.25, 0.3) is 0 Å². The number of unbranched alkanes of at least 4 members (excludes halogenated alkanes) is 18. The SMILES string of the molecule is CCCCCCCCCCCCS(=O)(=O)C(C)CC(=O)C1(C)CCC=CC1(C)C.CCCCCCCCCCCCSC(C)CC(=O)C1(C)CCCC(C)=C1C. The normalized spacial score (nSPS) is 22.0. The highest BCUT2D eigenvalue weighted by Gasteiger charge is 2.46. The lowest BCUT2D eigenvalue weighted by Gasteiger charge is -2.44. The Kier molecular flexibility index (Phi) is 27.1. The number of Topliss-reactive ketones (excluding diaryl/α,β-unsaturated/α-hetero) is 2. The summed E-state index contributed by atoms with van der Waals surface area (Å²) in [4.78, 5) is 26.0. The number of thioether (sulfide) groups is 1. The van der Waals surface area contributed by atoms with E-state index in [1.807, 2.05) is 18.7 Å². The molecule has 0 N–H and O–H groups in total. The van der Waals surface area contributed by atoms with Crippen LogP contribution in [0.15, 0.2) is 23.3 Å². The third-order valence-corrected chi connectivity index (χ3v) is 17.4. The number of carbonyl (C=O) groups excluding carboxylic acids is 2. The fourth-order valence-electron chi connectivity index (χ4n) is 8.68. The predicted octanol–water partition coefficient (Wildman–Crippen LogP) is 15.6. The Labute approximate surface area is 353 Å². The maximum Gasteiger partial charge on any atom is 0.153 e. The molecule has 0 saturated carbocycles. The van der Waals surface area contributed by atoms with Crippen LogP contribution in [0.2, 0.25) is 0 Å². The van der Waals surface area contributed by atoms with Gasteiger partial charge in [0.1, 0.15) is 11.6 Å². The fourth-order valence-corrected chi connectivity index (χ4v) is 11.1. The number of rotatable bonds is 30. The molecule has 0 fully saturated rings. The van der Waals surface area contributed by atoms with Crippen molar-refractivity contribution >= 4 is 33.2 Å². The minimum Gasteiger partial charge on any atom is -0.299 e. The van der Waals surface area contributed by atoms with E-state index in [1.165, 1.54) is 139 Å². The smallest absolute Gasteiger partial charge is 0.153 e. The Hall–Kier alpha value is -0.880. The lowest BCUT2D eigenvalue weighted by atomic mass is 9.59. The number of hydrogen-bond donors (Lipinski definition) is 0. The quantitative estimate of drug-likeness (QED) is 0.0533. The average molecular weight is 821 g/mol. The van der Waals surface area contributed by atoms with Crippen LogP contribution in [0.4, 0.5) is 0 Å². The Balaban J connectivity index is 0.000000561. The molecule has 2 aliphatic carbocycles. The van der Waals surface area contributed by atoms with Crippen molar-refractivity contribution in [3.63, 3.8) is 0 Å². The molecule has 0 saturated heterocycles. The van der Waals surface area contributed by atoms with Gasteiger partial charge in [0.2, 0.25) is 0 Å². The highest BCUT2D eigenvalue weighted by Crippen LogP contribution is 2.48. The number of hydrogen-bond acceptors (Lipinski definition) is 5. The highest BCUT2D eigenvalue weighted by atomic mass is 32.2. The van der Waals surface area contributed by atoms with Crippen molar-refractivity contribution in [2.45, 2.75) is 253 Å². The zero-order valence-corrected chi connectivity index (χ0v) is 40.4. The van der Waals surface area contributed by atoms with Crippen LogP contribution in [0.3, 0.4) is 0 Å². The van der Waals surface area contributed by atoms with Crippen LogP contribution in [0, 0.1) is 16.2 Å². The molecule has 2 aliphatic rings. The summed E-state index contributed by atoms with van der Waals surface area (Å²) in [5.74, 6) is 2.01. The number of allylic oxidation sites excluding steroid dienone is 4. The molecule has 0 heterocycles. The maximum atomic E-state index is 13.0. The van der Waals surface area contributed by atoms with Gasteiger partial charge < -0.3 is 0 Å². The van der Waals surface area contributed by atoms with Gasteiger partial charge in [-0.1, -0.05) is 180 Å². The lowest BCUT2D eigenvalue weighted by molar-refractivity contribution is -0.133. The molecule has 4 atom stereocenters. The summed E-state index contributed by atoms with van der Waals surface area (Å²) in [6, 6.07) is 0. The molecular formula is C50H92O4S2. The maximum absolute atomic E-state index is 13.0. The molecule has 4 nitrogen and oxygen atoms in total. The topological polar surface area (TPSA) is 68.3 Å². The van der Waals surface area contributed by atoms with Gasteiger partial charge in [-0.25, -0.2) is 8.42 Å². The third kappa shape index (κ3) is 19.5. The second kappa shape index (κ2) is 28.6. The van der Waals surface area contributed by atoms with Gasteiger partial charge in [0.05, 0.1) is 11.0 Å². The summed E-state index contributed by atoms with van der Waals surface area (Å²) in [6.07, 6.45) is 36.1. The summed E-state index contributed by atoms with van der Waals surface area (Å²) in [5, 5.41) is -0.116. The first kappa shape index (κ1) is 53.1. The minimum atomic E-state index is -3.20. The molecule has 2 rings (SSSR count). The molecule has 4 unspecified atom stereocenters. The van der Waals surface area contributed by atoms with E-state index in [0.717, 1.165) is 44.9 Å². The molecule has 56 heavy (non-hydrogen) atoms. The summed E-state index contributed by atoms with van der Waals surface area (Å²) in [7, 11) is -3.20. The standard InChI is InChI=1S/C25H46O3S.C25H46OS/c1-6-7-8-9-10-11-12-13-14-17-20-29(27,28)22(2)21-23(26)25(5)19-16-15-18-24(25,3)4;1-6-7-8-9-10-11-12-13-14-15-19-27-22(3)20-24(26)25(5)18-16-17-21(2)23(25)4/h15,18,22H,6-14,16-17,19-21H2,1-5H3;22H,6-20H2,1-5H3. The largest absolute Gasteiger partial charge is 0.299 e. The molecule has 0 radical (unpaired) electrons. The zero-order valence-electron chi connectivity index (χ0n) is 38.8. The zero-order chi connectivity index (χ0) is 42.1. The molecule has 0 amide bonds. The molecule has 0 spiro atoms. The van der Waals surface area contributed by atoms with Crippen molar-refractivity contribution in [1.29, 1.82) is 0 Å². The van der Waals surface area contributed by atoms with Crippen LogP contribution in [-0.2, 0) is 19.4 Å². The van der Waals surface area contributed by atoms with Crippen molar-refractivity contribution in [2.24, 2.45) is 16.2 Å². The second-order valence-electron chi connectivity index (χ2n) is 19.1. The van der Waals surface area contributed by atoms with E-state index in [1.54, 1.807) is 6.92 Å². The van der Waals surface area contributed by atoms with Crippen LogP contribution >= 0.6 is 11.8 Å². The summed E-state index contributed by atoms with van der Waals surface area (Å²) >= 11 is 2.01. The van der Waals surface area contributed by atoms with E-state index in [2.05, 4.69) is 67.5 Å². The molecular weight excluding hydrogens is 729 g/mol. The van der Waals surface area contributed by atoms with Crippen LogP contribution in [0.25, 0.3) is 0 Å². The van der Waals surface area contributed by atoms with Crippen molar-refractivity contribution in [3.8, 4) is 0 Å². The van der Waals surface area contributed by atoms with Gasteiger partial charge in [0.15, 0.2) is 9.84 Å². The van der Waals surface area contributed by atoms with E-state index in [9.17, 15) is 18.0 Å². The highest BCUT2D eigenvalue weighted by molar-refractivity contribution is 7.99. The molecule has 6 heteroatoms. The van der Waals surface area contributed by atoms with Crippen LogP contribution in [0.1, 0.15) is 243 Å². The molecule has 328 valence electrons. The molecule has 0 aliphatic heterocycles. The van der Waals surface area contributed by atoms with Gasteiger partial charge in [-0.05, 0) is 83.8 Å². The average Bonchev–Trinajstić information content (AvgIpc) is 3.14. The minimum absolute atomic E-state index is 0.103. The first-order valence-electron chi connectivity index (χ1n) is 23.7. The number of sulfone groups is 1. The van der Waals surface area contributed by atoms with Crippen molar-refractivity contribution in [1.82, 2.24) is 0 Å². The van der Waals surface area contributed by atoms with Crippen molar-refractivity contribution in [3.05, 3.63) is 23.3 Å². The first-order chi connectivity index (χ1) is 26.5. The van der Waals surface area contributed by atoms with E-state index >= 15 is 0 Å². The summed E-state index contributed by atoms with van der Waals surface area (Å²) in [6.45, 7) is 21.3. The Morgan fingerprint density at radius 2 is 1.16 bits per heavy atom. The van der Waals surface area contributed by atoms with E-state index < -0.39 is 20.5 Å². The van der Waals surface area contributed by atoms with Crippen molar-refractivity contribution in [2.75, 3.05) is 11.5 Å². The van der Waals surface area contributed by atoms with Gasteiger partial charge in [-0.3, -0.25) is 9.59 Å². The molecule has 0 aromatic carbocycles. The van der Waals surface area contributed by atoms with Crippen LogP contribution < -0.4 is 0 Å². The van der Waals surface area contributed by atoms with Gasteiger partial charge >= 0.3 is 0 Å². The Morgan fingerprint density at radius 3 is 1.66 bits per heavy atom.